The van der Waals surface area contributed by atoms with Crippen molar-refractivity contribution >= 4 is 34.2 Å². The number of nitrogens with one attached hydrogen (secondary N) is 1. The Kier molecular flexibility index (Phi) is 3.96. The summed E-state index contributed by atoms with van der Waals surface area (Å²) in [6, 6.07) is 8.25. The predicted molar refractivity (Wildman–Crippen MR) is 81.4 cm³/mol. The van der Waals surface area contributed by atoms with E-state index in [2.05, 4.69) is 29.0 Å². The van der Waals surface area contributed by atoms with Gasteiger partial charge >= 0.3 is 0 Å². The van der Waals surface area contributed by atoms with Crippen LogP contribution in [0, 0.1) is 6.92 Å². The average molecular weight is 277 g/mol. The van der Waals surface area contributed by atoms with Crippen molar-refractivity contribution in [3.8, 4) is 5.75 Å². The second kappa shape index (κ2) is 5.49. The highest BCUT2D eigenvalue weighted by Crippen LogP contribution is 2.29. The fraction of sp³-hybridized carbons (Fsp3) is 0.267. The molecule has 1 aromatic carbocycles. The number of fused-ring (bicyclic) bond motifs is 3. The largest absolute Gasteiger partial charge is 0.494 e. The molecule has 19 heavy (non-hydrogen) atoms. The lowest BCUT2D eigenvalue weighted by molar-refractivity contribution is 0.318. The minimum atomic E-state index is 0. The number of halogens is 1. The van der Waals surface area contributed by atoms with E-state index in [1.54, 1.807) is 0 Å². The molecule has 3 aromatic rings. The molecule has 0 bridgehead atoms. The van der Waals surface area contributed by atoms with Gasteiger partial charge in [-0.3, -0.25) is 4.98 Å². The zero-order valence-electron chi connectivity index (χ0n) is 11.1. The first-order valence-corrected chi connectivity index (χ1v) is 6.29. The Labute approximate surface area is 118 Å². The molecule has 0 amide bonds. The Morgan fingerprint density at radius 1 is 1.21 bits per heavy atom. The first kappa shape index (κ1) is 13.7. The summed E-state index contributed by atoms with van der Waals surface area (Å²) in [7, 11) is 0. The molecule has 3 nitrogen and oxygen atoms in total. The third kappa shape index (κ3) is 2.38. The van der Waals surface area contributed by atoms with Crippen LogP contribution in [0.15, 0.2) is 30.5 Å². The number of hydrogen-bond donors (Lipinski definition) is 1. The predicted octanol–water partition coefficient (Wildman–Crippen LogP) is 4.24. The van der Waals surface area contributed by atoms with Crippen molar-refractivity contribution in [2.45, 2.75) is 20.3 Å². The number of aryl methyl sites for hydroxylation is 1. The van der Waals surface area contributed by atoms with Crippen LogP contribution in [0.3, 0.4) is 0 Å². The molecule has 100 valence electrons. The number of aromatic amines is 1. The minimum absolute atomic E-state index is 0. The van der Waals surface area contributed by atoms with E-state index in [1.165, 1.54) is 10.8 Å². The summed E-state index contributed by atoms with van der Waals surface area (Å²) < 4.78 is 5.65. The van der Waals surface area contributed by atoms with Gasteiger partial charge in [0.1, 0.15) is 5.75 Å². The van der Waals surface area contributed by atoms with E-state index in [9.17, 15) is 0 Å². The summed E-state index contributed by atoms with van der Waals surface area (Å²) in [5.74, 6) is 0.918. The van der Waals surface area contributed by atoms with E-state index in [0.29, 0.717) is 0 Å². The molecule has 2 heterocycles. The molecule has 0 aliphatic heterocycles. The van der Waals surface area contributed by atoms with Gasteiger partial charge in [-0.1, -0.05) is 6.92 Å². The van der Waals surface area contributed by atoms with Crippen molar-refractivity contribution in [2.24, 2.45) is 0 Å². The van der Waals surface area contributed by atoms with Crippen molar-refractivity contribution in [1.29, 1.82) is 0 Å². The van der Waals surface area contributed by atoms with Crippen LogP contribution in [0.4, 0.5) is 0 Å². The normalized spacial score (nSPS) is 10.6. The Hall–Kier alpha value is -1.74. The van der Waals surface area contributed by atoms with Crippen LogP contribution in [0.5, 0.6) is 5.75 Å². The van der Waals surface area contributed by atoms with Crippen LogP contribution in [0.25, 0.3) is 21.8 Å². The molecule has 0 atom stereocenters. The van der Waals surface area contributed by atoms with E-state index in [1.807, 2.05) is 25.3 Å². The zero-order chi connectivity index (χ0) is 12.5. The highest BCUT2D eigenvalue weighted by molar-refractivity contribution is 6.08. The van der Waals surface area contributed by atoms with E-state index < -0.39 is 0 Å². The maximum atomic E-state index is 5.65. The Balaban J connectivity index is 0.00000133. The lowest BCUT2D eigenvalue weighted by Crippen LogP contribution is -1.94. The van der Waals surface area contributed by atoms with E-state index >= 15 is 0 Å². The van der Waals surface area contributed by atoms with Crippen molar-refractivity contribution in [1.82, 2.24) is 9.97 Å². The maximum Gasteiger partial charge on any atom is 0.121 e. The third-order valence-electron chi connectivity index (χ3n) is 3.15. The minimum Gasteiger partial charge on any atom is -0.494 e. The lowest BCUT2D eigenvalue weighted by Gasteiger charge is -2.03. The zero-order valence-corrected chi connectivity index (χ0v) is 11.9. The van der Waals surface area contributed by atoms with E-state index in [4.69, 9.17) is 4.74 Å². The molecule has 0 aliphatic carbocycles. The van der Waals surface area contributed by atoms with Crippen LogP contribution in [0.1, 0.15) is 19.0 Å². The van der Waals surface area contributed by atoms with Crippen LogP contribution in [-0.4, -0.2) is 16.6 Å². The summed E-state index contributed by atoms with van der Waals surface area (Å²) in [5, 5.41) is 2.44. The maximum absolute atomic E-state index is 5.65. The molecule has 0 fully saturated rings. The Morgan fingerprint density at radius 2 is 2.05 bits per heavy atom. The van der Waals surface area contributed by atoms with Gasteiger partial charge in [-0.25, -0.2) is 0 Å². The molecular weight excluding hydrogens is 260 g/mol. The number of hydrogen-bond acceptors (Lipinski definition) is 2. The highest BCUT2D eigenvalue weighted by atomic mass is 35.5. The first-order valence-electron chi connectivity index (χ1n) is 6.29. The molecule has 0 saturated heterocycles. The number of pyridine rings is 1. The second-order valence-electron chi connectivity index (χ2n) is 4.50. The molecular formula is C15H17ClN2O. The molecule has 0 spiro atoms. The van der Waals surface area contributed by atoms with Gasteiger partial charge < -0.3 is 9.72 Å². The molecule has 1 N–H and O–H groups in total. The monoisotopic (exact) mass is 276 g/mol. The van der Waals surface area contributed by atoms with Crippen molar-refractivity contribution in [3.63, 3.8) is 0 Å². The SMILES string of the molecule is CCCOc1ccc2c(c1)[nH]c1c(C)nccc12.Cl. The van der Waals surface area contributed by atoms with Gasteiger partial charge in [0.15, 0.2) is 0 Å². The van der Waals surface area contributed by atoms with Gasteiger partial charge in [0.25, 0.3) is 0 Å². The number of nitrogens with zero attached hydrogens (tertiary/aromatic N) is 1. The number of aromatic nitrogens is 2. The van der Waals surface area contributed by atoms with Crippen LogP contribution in [-0.2, 0) is 0 Å². The van der Waals surface area contributed by atoms with Gasteiger partial charge in [-0.2, -0.15) is 0 Å². The molecule has 2 aromatic heterocycles. The third-order valence-corrected chi connectivity index (χ3v) is 3.15. The summed E-state index contributed by atoms with van der Waals surface area (Å²) in [6.07, 6.45) is 2.88. The fourth-order valence-corrected chi connectivity index (χ4v) is 2.25. The second-order valence-corrected chi connectivity index (χ2v) is 4.50. The summed E-state index contributed by atoms with van der Waals surface area (Å²) in [6.45, 7) is 4.88. The smallest absolute Gasteiger partial charge is 0.121 e. The molecule has 0 unspecified atom stereocenters. The topological polar surface area (TPSA) is 37.9 Å². The number of benzene rings is 1. The van der Waals surface area contributed by atoms with E-state index in [-0.39, 0.29) is 12.4 Å². The molecule has 0 saturated carbocycles. The fourth-order valence-electron chi connectivity index (χ4n) is 2.25. The van der Waals surface area contributed by atoms with Gasteiger partial charge in [0, 0.05) is 23.0 Å². The molecule has 0 radical (unpaired) electrons. The molecule has 3 rings (SSSR count). The molecule has 4 heteroatoms. The van der Waals surface area contributed by atoms with Crippen molar-refractivity contribution < 1.29 is 4.74 Å². The quantitative estimate of drug-likeness (QED) is 0.777. The first-order chi connectivity index (χ1) is 8.79. The van der Waals surface area contributed by atoms with Crippen molar-refractivity contribution in [2.75, 3.05) is 6.61 Å². The summed E-state index contributed by atoms with van der Waals surface area (Å²) in [5.41, 5.74) is 3.24. The van der Waals surface area contributed by atoms with Crippen LogP contribution >= 0.6 is 12.4 Å². The average Bonchev–Trinajstić information content (AvgIpc) is 2.76. The summed E-state index contributed by atoms with van der Waals surface area (Å²) >= 11 is 0. The van der Waals surface area contributed by atoms with Crippen LogP contribution in [0.2, 0.25) is 0 Å². The standard InChI is InChI=1S/C15H16N2O.ClH/c1-3-8-18-11-4-5-12-13-6-7-16-10(2)15(13)17-14(12)9-11;/h4-7,9,17H,3,8H2,1-2H3;1H. The van der Waals surface area contributed by atoms with E-state index in [0.717, 1.165) is 35.5 Å². The van der Waals surface area contributed by atoms with Gasteiger partial charge in [-0.15, -0.1) is 12.4 Å². The van der Waals surface area contributed by atoms with Gasteiger partial charge in [-0.05, 0) is 31.5 Å². The van der Waals surface area contributed by atoms with Crippen LogP contribution < -0.4 is 4.74 Å². The highest BCUT2D eigenvalue weighted by Gasteiger charge is 2.07. The Morgan fingerprint density at radius 3 is 2.84 bits per heavy atom. The van der Waals surface area contributed by atoms with Gasteiger partial charge in [0.05, 0.1) is 23.3 Å². The van der Waals surface area contributed by atoms with Gasteiger partial charge in [0.2, 0.25) is 0 Å². The molecule has 0 aliphatic rings. The Bertz CT molecular complexity index is 706. The number of ether oxygens (including phenoxy) is 1. The van der Waals surface area contributed by atoms with Crippen molar-refractivity contribution in [3.05, 3.63) is 36.2 Å². The summed E-state index contributed by atoms with van der Waals surface area (Å²) in [4.78, 5) is 7.73. The lowest BCUT2D eigenvalue weighted by atomic mass is 10.1. The number of H-pyrrole nitrogens is 1. The number of rotatable bonds is 3.